The third kappa shape index (κ3) is 6.39. The van der Waals surface area contributed by atoms with Gasteiger partial charge in [0.15, 0.2) is 17.5 Å². The zero-order valence-electron chi connectivity index (χ0n) is 18.5. The smallest absolute Gasteiger partial charge is 0.191 e. The van der Waals surface area contributed by atoms with Gasteiger partial charge in [-0.15, -0.1) is 6.58 Å². The third-order valence-electron chi connectivity index (χ3n) is 5.63. The number of hydrogen-bond donors (Lipinski definition) is 2. The maximum atomic E-state index is 5.52. The Kier molecular flexibility index (Phi) is 9.32. The van der Waals surface area contributed by atoms with Crippen LogP contribution in [0.1, 0.15) is 43.7 Å². The monoisotopic (exact) mass is 403 g/mol. The van der Waals surface area contributed by atoms with Crippen molar-refractivity contribution in [2.24, 2.45) is 10.4 Å². The van der Waals surface area contributed by atoms with Gasteiger partial charge in [-0.05, 0) is 55.7 Å². The van der Waals surface area contributed by atoms with Crippen molar-refractivity contribution >= 4 is 5.96 Å². The Morgan fingerprint density at radius 3 is 2.55 bits per heavy atom. The standard InChI is InChI=1S/C23H37N3O3/c1-6-9-19-14-18(15-20(28-4)21(19)29-5)16-25-22(24-7-2)26-17-23(10-8-11-23)12-13-27-3/h6,14-15H,1,7-13,16-17H2,2-5H3,(H2,24,25,26). The van der Waals surface area contributed by atoms with Crippen LogP contribution >= 0.6 is 0 Å². The Balaban J connectivity index is 2.10. The Bertz CT molecular complexity index is 684. The number of rotatable bonds is 12. The van der Waals surface area contributed by atoms with Gasteiger partial charge in [0.05, 0.1) is 20.8 Å². The van der Waals surface area contributed by atoms with Crippen molar-refractivity contribution in [2.75, 3.05) is 41.0 Å². The molecule has 0 aromatic heterocycles. The molecule has 1 aliphatic carbocycles. The third-order valence-corrected chi connectivity index (χ3v) is 5.63. The van der Waals surface area contributed by atoms with E-state index in [0.29, 0.717) is 12.0 Å². The van der Waals surface area contributed by atoms with Crippen molar-refractivity contribution < 1.29 is 14.2 Å². The van der Waals surface area contributed by atoms with E-state index in [9.17, 15) is 0 Å². The molecular weight excluding hydrogens is 366 g/mol. The lowest BCUT2D eigenvalue weighted by atomic mass is 9.67. The normalized spacial score (nSPS) is 15.4. The topological polar surface area (TPSA) is 64.1 Å². The molecule has 1 aliphatic rings. The highest BCUT2D eigenvalue weighted by Gasteiger charge is 2.36. The predicted molar refractivity (Wildman–Crippen MR) is 119 cm³/mol. The number of allylic oxidation sites excluding steroid dienone is 1. The van der Waals surface area contributed by atoms with Crippen molar-refractivity contribution in [2.45, 2.75) is 45.6 Å². The lowest BCUT2D eigenvalue weighted by Gasteiger charge is -2.42. The molecule has 0 radical (unpaired) electrons. The molecule has 6 heteroatoms. The summed E-state index contributed by atoms with van der Waals surface area (Å²) in [6.45, 7) is 9.05. The molecule has 0 heterocycles. The lowest BCUT2D eigenvalue weighted by molar-refractivity contribution is 0.0732. The van der Waals surface area contributed by atoms with Crippen molar-refractivity contribution in [3.05, 3.63) is 35.9 Å². The molecule has 162 valence electrons. The molecule has 1 fully saturated rings. The summed E-state index contributed by atoms with van der Waals surface area (Å²) in [4.78, 5) is 4.80. The lowest BCUT2D eigenvalue weighted by Crippen LogP contribution is -2.46. The van der Waals surface area contributed by atoms with E-state index in [4.69, 9.17) is 19.2 Å². The molecule has 6 nitrogen and oxygen atoms in total. The van der Waals surface area contributed by atoms with Crippen LogP contribution in [0.15, 0.2) is 29.8 Å². The maximum Gasteiger partial charge on any atom is 0.191 e. The highest BCUT2D eigenvalue weighted by atomic mass is 16.5. The largest absolute Gasteiger partial charge is 0.493 e. The van der Waals surface area contributed by atoms with Gasteiger partial charge in [-0.25, -0.2) is 4.99 Å². The highest BCUT2D eigenvalue weighted by Crippen LogP contribution is 2.43. The second kappa shape index (κ2) is 11.7. The molecular formula is C23H37N3O3. The zero-order valence-corrected chi connectivity index (χ0v) is 18.5. The van der Waals surface area contributed by atoms with Gasteiger partial charge in [-0.2, -0.15) is 0 Å². The van der Waals surface area contributed by atoms with Crippen LogP contribution in [0.3, 0.4) is 0 Å². The van der Waals surface area contributed by atoms with Gasteiger partial charge in [0.2, 0.25) is 0 Å². The van der Waals surface area contributed by atoms with Crippen molar-refractivity contribution in [3.8, 4) is 11.5 Å². The molecule has 0 spiro atoms. The fourth-order valence-corrected chi connectivity index (χ4v) is 3.80. The van der Waals surface area contributed by atoms with Crippen molar-refractivity contribution in [1.82, 2.24) is 10.6 Å². The molecule has 0 atom stereocenters. The van der Waals surface area contributed by atoms with Crippen LogP contribution in [-0.4, -0.2) is 47.0 Å². The second-order valence-corrected chi connectivity index (χ2v) is 7.63. The fourth-order valence-electron chi connectivity index (χ4n) is 3.80. The van der Waals surface area contributed by atoms with Gasteiger partial charge >= 0.3 is 0 Å². The number of methoxy groups -OCH3 is 3. The number of aliphatic imine (C=N–C) groups is 1. The molecule has 1 saturated carbocycles. The van der Waals surface area contributed by atoms with E-state index in [1.165, 1.54) is 19.3 Å². The van der Waals surface area contributed by atoms with Gasteiger partial charge in [0.1, 0.15) is 0 Å². The summed E-state index contributed by atoms with van der Waals surface area (Å²) in [6, 6.07) is 4.10. The minimum Gasteiger partial charge on any atom is -0.493 e. The summed E-state index contributed by atoms with van der Waals surface area (Å²) in [6.07, 6.45) is 7.49. The van der Waals surface area contributed by atoms with E-state index in [-0.39, 0.29) is 0 Å². The van der Waals surface area contributed by atoms with E-state index in [1.807, 2.05) is 12.1 Å². The molecule has 0 saturated heterocycles. The average molecular weight is 404 g/mol. The quantitative estimate of drug-likeness (QED) is 0.317. The molecule has 2 rings (SSSR count). The van der Waals surface area contributed by atoms with E-state index < -0.39 is 0 Å². The summed E-state index contributed by atoms with van der Waals surface area (Å²) in [7, 11) is 5.09. The molecule has 1 aromatic rings. The van der Waals surface area contributed by atoms with Crippen LogP contribution in [0.25, 0.3) is 0 Å². The first kappa shape index (κ1) is 23.1. The number of nitrogens with zero attached hydrogens (tertiary/aromatic N) is 1. The van der Waals surface area contributed by atoms with Crippen molar-refractivity contribution in [3.63, 3.8) is 0 Å². The van der Waals surface area contributed by atoms with E-state index in [1.54, 1.807) is 21.3 Å². The number of benzene rings is 1. The van der Waals surface area contributed by atoms with Crippen molar-refractivity contribution in [1.29, 1.82) is 0 Å². The van der Waals surface area contributed by atoms with E-state index in [2.05, 4.69) is 30.2 Å². The molecule has 29 heavy (non-hydrogen) atoms. The Labute approximate surface area is 175 Å². The first-order valence-corrected chi connectivity index (χ1v) is 10.5. The van der Waals surface area contributed by atoms with E-state index >= 15 is 0 Å². The Morgan fingerprint density at radius 1 is 1.21 bits per heavy atom. The first-order valence-electron chi connectivity index (χ1n) is 10.5. The van der Waals surface area contributed by atoms with Gasteiger partial charge in [-0.3, -0.25) is 0 Å². The molecule has 0 aliphatic heterocycles. The first-order chi connectivity index (χ1) is 14.1. The average Bonchev–Trinajstić information content (AvgIpc) is 2.70. The van der Waals surface area contributed by atoms with Crippen LogP contribution in [0.5, 0.6) is 11.5 Å². The molecule has 0 unspecified atom stereocenters. The minimum atomic E-state index is 0.340. The van der Waals surface area contributed by atoms with Gasteiger partial charge in [0, 0.05) is 32.4 Å². The Hall–Kier alpha value is -2.21. The number of guanidine groups is 1. The predicted octanol–water partition coefficient (Wildman–Crippen LogP) is 3.69. The van der Waals surface area contributed by atoms with Crippen LogP contribution in [-0.2, 0) is 17.7 Å². The molecule has 0 amide bonds. The number of hydrogen-bond acceptors (Lipinski definition) is 4. The highest BCUT2D eigenvalue weighted by molar-refractivity contribution is 5.79. The van der Waals surface area contributed by atoms with Gasteiger partial charge < -0.3 is 24.8 Å². The number of nitrogens with one attached hydrogen (secondary N) is 2. The summed E-state index contributed by atoms with van der Waals surface area (Å²) in [5, 5.41) is 6.90. The van der Waals surface area contributed by atoms with Crippen LogP contribution in [0.4, 0.5) is 0 Å². The summed E-state index contributed by atoms with van der Waals surface area (Å²) < 4.78 is 16.3. The molecule has 0 bridgehead atoms. The van der Waals surface area contributed by atoms with E-state index in [0.717, 1.165) is 61.1 Å². The summed E-state index contributed by atoms with van der Waals surface area (Å²) >= 11 is 0. The molecule has 1 aromatic carbocycles. The Morgan fingerprint density at radius 2 is 2.00 bits per heavy atom. The second-order valence-electron chi connectivity index (χ2n) is 7.63. The summed E-state index contributed by atoms with van der Waals surface area (Å²) in [5.41, 5.74) is 2.47. The maximum absolute atomic E-state index is 5.52. The van der Waals surface area contributed by atoms with Gasteiger partial charge in [0.25, 0.3) is 0 Å². The minimum absolute atomic E-state index is 0.340. The van der Waals surface area contributed by atoms with Crippen LogP contribution in [0.2, 0.25) is 0 Å². The zero-order chi connectivity index (χ0) is 21.1. The molecule has 2 N–H and O–H groups in total. The fraction of sp³-hybridized carbons (Fsp3) is 0.609. The SMILES string of the molecule is C=CCc1cc(CN=C(NCC)NCC2(CCOC)CCC2)cc(OC)c1OC. The van der Waals surface area contributed by atoms with Crippen LogP contribution < -0.4 is 20.1 Å². The van der Waals surface area contributed by atoms with Crippen LogP contribution in [0, 0.1) is 5.41 Å². The number of ether oxygens (including phenoxy) is 3. The summed E-state index contributed by atoms with van der Waals surface area (Å²) in [5.74, 6) is 2.33. The van der Waals surface area contributed by atoms with Gasteiger partial charge in [-0.1, -0.05) is 12.5 Å².